The van der Waals surface area contributed by atoms with Crippen molar-refractivity contribution in [1.82, 2.24) is 0 Å². The second-order valence-corrected chi connectivity index (χ2v) is 4.68. The summed E-state index contributed by atoms with van der Waals surface area (Å²) in [5.74, 6) is -0.688. The van der Waals surface area contributed by atoms with E-state index >= 15 is 0 Å². The molecule has 1 N–H and O–H groups in total. The topological polar surface area (TPSA) is 29.1 Å². The minimum Gasteiger partial charge on any atom is -0.321 e. The first-order chi connectivity index (χ1) is 8.99. The molecule has 3 heteroatoms. The SMILES string of the molecule is Cc1ccc(F)cc1C(=O)Nc1c(C)cccc1C. The molecule has 0 atom stereocenters. The van der Waals surface area contributed by atoms with Gasteiger partial charge in [0.1, 0.15) is 5.82 Å². The van der Waals surface area contributed by atoms with Gasteiger partial charge in [0, 0.05) is 11.3 Å². The number of halogens is 1. The van der Waals surface area contributed by atoms with Crippen LogP contribution < -0.4 is 5.32 Å². The number of hydrogen-bond donors (Lipinski definition) is 1. The molecule has 2 nitrogen and oxygen atoms in total. The summed E-state index contributed by atoms with van der Waals surface area (Å²) in [5.41, 5.74) is 3.88. The van der Waals surface area contributed by atoms with E-state index in [1.807, 2.05) is 32.0 Å². The van der Waals surface area contributed by atoms with Crippen LogP contribution in [0.3, 0.4) is 0 Å². The molecule has 0 bridgehead atoms. The second-order valence-electron chi connectivity index (χ2n) is 4.68. The van der Waals surface area contributed by atoms with Crippen LogP contribution in [0.15, 0.2) is 36.4 Å². The van der Waals surface area contributed by atoms with E-state index in [2.05, 4.69) is 5.32 Å². The van der Waals surface area contributed by atoms with Gasteiger partial charge in [0.2, 0.25) is 0 Å². The largest absolute Gasteiger partial charge is 0.321 e. The van der Waals surface area contributed by atoms with Crippen molar-refractivity contribution in [2.45, 2.75) is 20.8 Å². The Balaban J connectivity index is 2.34. The van der Waals surface area contributed by atoms with Gasteiger partial charge in [0.05, 0.1) is 0 Å². The van der Waals surface area contributed by atoms with Crippen LogP contribution >= 0.6 is 0 Å². The van der Waals surface area contributed by atoms with Crippen molar-refractivity contribution < 1.29 is 9.18 Å². The van der Waals surface area contributed by atoms with E-state index in [1.165, 1.54) is 12.1 Å². The molecule has 0 aliphatic carbocycles. The van der Waals surface area contributed by atoms with Gasteiger partial charge in [-0.2, -0.15) is 0 Å². The van der Waals surface area contributed by atoms with Crippen LogP contribution in [0.1, 0.15) is 27.0 Å². The number of para-hydroxylation sites is 1. The Morgan fingerprint density at radius 3 is 2.26 bits per heavy atom. The zero-order valence-corrected chi connectivity index (χ0v) is 11.3. The van der Waals surface area contributed by atoms with Crippen molar-refractivity contribution >= 4 is 11.6 Å². The summed E-state index contributed by atoms with van der Waals surface area (Å²) < 4.78 is 13.2. The van der Waals surface area contributed by atoms with Crippen LogP contribution in [0.25, 0.3) is 0 Å². The molecule has 0 saturated carbocycles. The molecule has 1 amide bonds. The van der Waals surface area contributed by atoms with Crippen molar-refractivity contribution in [1.29, 1.82) is 0 Å². The maximum Gasteiger partial charge on any atom is 0.256 e. The molecule has 2 aromatic rings. The van der Waals surface area contributed by atoms with Crippen molar-refractivity contribution in [2.75, 3.05) is 5.32 Å². The van der Waals surface area contributed by atoms with Gasteiger partial charge in [-0.05, 0) is 49.6 Å². The molecule has 0 saturated heterocycles. The van der Waals surface area contributed by atoms with E-state index in [0.29, 0.717) is 5.56 Å². The monoisotopic (exact) mass is 257 g/mol. The summed E-state index contributed by atoms with van der Waals surface area (Å²) >= 11 is 0. The highest BCUT2D eigenvalue weighted by Gasteiger charge is 2.12. The van der Waals surface area contributed by atoms with E-state index in [1.54, 1.807) is 13.0 Å². The fourth-order valence-electron chi connectivity index (χ4n) is 2.03. The van der Waals surface area contributed by atoms with Crippen LogP contribution in [-0.2, 0) is 0 Å². The number of amides is 1. The van der Waals surface area contributed by atoms with E-state index < -0.39 is 5.82 Å². The van der Waals surface area contributed by atoms with Crippen molar-refractivity contribution in [2.24, 2.45) is 0 Å². The lowest BCUT2D eigenvalue weighted by molar-refractivity contribution is 0.102. The molecule has 0 heterocycles. The first-order valence-corrected chi connectivity index (χ1v) is 6.13. The van der Waals surface area contributed by atoms with Gasteiger partial charge in [0.15, 0.2) is 0 Å². The van der Waals surface area contributed by atoms with E-state index in [-0.39, 0.29) is 5.91 Å². The molecule has 0 aromatic heterocycles. The summed E-state index contributed by atoms with van der Waals surface area (Å²) in [6, 6.07) is 10.0. The van der Waals surface area contributed by atoms with Gasteiger partial charge in [-0.3, -0.25) is 4.79 Å². The number of carbonyl (C=O) groups is 1. The molecule has 0 radical (unpaired) electrons. The third kappa shape index (κ3) is 2.81. The second kappa shape index (κ2) is 5.22. The molecule has 2 aromatic carbocycles. The highest BCUT2D eigenvalue weighted by Crippen LogP contribution is 2.21. The van der Waals surface area contributed by atoms with Crippen molar-refractivity contribution in [3.05, 3.63) is 64.5 Å². The predicted molar refractivity (Wildman–Crippen MR) is 75.0 cm³/mol. The smallest absolute Gasteiger partial charge is 0.256 e. The standard InChI is InChI=1S/C16H16FNO/c1-10-7-8-13(17)9-14(10)16(19)18-15-11(2)5-4-6-12(15)3/h4-9H,1-3H3,(H,18,19). The van der Waals surface area contributed by atoms with Gasteiger partial charge in [0.25, 0.3) is 5.91 Å². The third-order valence-corrected chi connectivity index (χ3v) is 3.16. The van der Waals surface area contributed by atoms with Gasteiger partial charge in [-0.15, -0.1) is 0 Å². The highest BCUT2D eigenvalue weighted by molar-refractivity contribution is 6.06. The summed E-state index contributed by atoms with van der Waals surface area (Å²) in [6.45, 7) is 5.65. The van der Waals surface area contributed by atoms with Crippen LogP contribution in [0, 0.1) is 26.6 Å². The van der Waals surface area contributed by atoms with Crippen molar-refractivity contribution in [3.63, 3.8) is 0 Å². The van der Waals surface area contributed by atoms with Crippen LogP contribution in [0.5, 0.6) is 0 Å². The first kappa shape index (κ1) is 13.3. The third-order valence-electron chi connectivity index (χ3n) is 3.16. The van der Waals surface area contributed by atoms with Crippen molar-refractivity contribution in [3.8, 4) is 0 Å². The Kier molecular flexibility index (Phi) is 3.65. The number of benzene rings is 2. The van der Waals surface area contributed by atoms with Crippen LogP contribution in [0.2, 0.25) is 0 Å². The zero-order valence-electron chi connectivity index (χ0n) is 11.3. The normalized spacial score (nSPS) is 10.3. The summed E-state index contributed by atoms with van der Waals surface area (Å²) in [6.07, 6.45) is 0. The molecular weight excluding hydrogens is 241 g/mol. The molecule has 19 heavy (non-hydrogen) atoms. The Morgan fingerprint density at radius 2 is 1.63 bits per heavy atom. The molecule has 0 unspecified atom stereocenters. The number of carbonyl (C=O) groups excluding carboxylic acids is 1. The van der Waals surface area contributed by atoms with E-state index in [9.17, 15) is 9.18 Å². The maximum absolute atomic E-state index is 13.2. The molecule has 0 spiro atoms. The Bertz CT molecular complexity index is 614. The highest BCUT2D eigenvalue weighted by atomic mass is 19.1. The predicted octanol–water partition coefficient (Wildman–Crippen LogP) is 4.00. The Labute approximate surface area is 112 Å². The fraction of sp³-hybridized carbons (Fsp3) is 0.188. The lowest BCUT2D eigenvalue weighted by Crippen LogP contribution is -2.15. The Morgan fingerprint density at radius 1 is 1.00 bits per heavy atom. The van der Waals surface area contributed by atoms with Gasteiger partial charge >= 0.3 is 0 Å². The number of hydrogen-bond acceptors (Lipinski definition) is 1. The lowest BCUT2D eigenvalue weighted by Gasteiger charge is -2.12. The van der Waals surface area contributed by atoms with Crippen LogP contribution in [0.4, 0.5) is 10.1 Å². The van der Waals surface area contributed by atoms with Gasteiger partial charge in [-0.1, -0.05) is 24.3 Å². The minimum absolute atomic E-state index is 0.283. The number of anilines is 1. The summed E-state index contributed by atoms with van der Waals surface area (Å²) in [7, 11) is 0. The molecular formula is C16H16FNO. The molecule has 0 aliphatic heterocycles. The molecule has 2 rings (SSSR count). The average molecular weight is 257 g/mol. The fourth-order valence-corrected chi connectivity index (χ4v) is 2.03. The zero-order chi connectivity index (χ0) is 14.0. The van der Waals surface area contributed by atoms with Gasteiger partial charge in [-0.25, -0.2) is 4.39 Å². The number of nitrogens with one attached hydrogen (secondary N) is 1. The summed E-state index contributed by atoms with van der Waals surface area (Å²) in [5, 5.41) is 2.86. The minimum atomic E-state index is -0.405. The van der Waals surface area contributed by atoms with Crippen LogP contribution in [-0.4, -0.2) is 5.91 Å². The summed E-state index contributed by atoms with van der Waals surface area (Å²) in [4.78, 5) is 12.2. The van der Waals surface area contributed by atoms with E-state index in [0.717, 1.165) is 22.4 Å². The Hall–Kier alpha value is -2.16. The molecule has 0 fully saturated rings. The maximum atomic E-state index is 13.2. The first-order valence-electron chi connectivity index (χ1n) is 6.13. The number of rotatable bonds is 2. The average Bonchev–Trinajstić information content (AvgIpc) is 2.37. The van der Waals surface area contributed by atoms with Gasteiger partial charge < -0.3 is 5.32 Å². The molecule has 98 valence electrons. The van der Waals surface area contributed by atoms with E-state index in [4.69, 9.17) is 0 Å². The quantitative estimate of drug-likeness (QED) is 0.865. The molecule has 0 aliphatic rings. The lowest BCUT2D eigenvalue weighted by atomic mass is 10.1. The number of aryl methyl sites for hydroxylation is 3.